The summed E-state index contributed by atoms with van der Waals surface area (Å²) in [5.41, 5.74) is 1.85. The van der Waals surface area contributed by atoms with E-state index in [-0.39, 0.29) is 5.91 Å². The van der Waals surface area contributed by atoms with Crippen LogP contribution in [0.5, 0.6) is 0 Å². The Morgan fingerprint density at radius 1 is 1.10 bits per heavy atom. The molecular formula is C16H23N3O2. The summed E-state index contributed by atoms with van der Waals surface area (Å²) in [4.78, 5) is 17.0. The number of carbonyl (C=O) groups is 1. The number of rotatable bonds is 4. The summed E-state index contributed by atoms with van der Waals surface area (Å²) in [6, 6.07) is 7.91. The van der Waals surface area contributed by atoms with Crippen molar-refractivity contribution in [2.75, 3.05) is 51.0 Å². The zero-order chi connectivity index (χ0) is 14.5. The maximum Gasteiger partial charge on any atom is 0.254 e. The fourth-order valence-corrected chi connectivity index (χ4v) is 2.94. The highest BCUT2D eigenvalue weighted by atomic mass is 16.5. The molecule has 0 aromatic heterocycles. The van der Waals surface area contributed by atoms with Gasteiger partial charge in [0.2, 0.25) is 0 Å². The van der Waals surface area contributed by atoms with Crippen LogP contribution in [0.4, 0.5) is 5.69 Å². The van der Waals surface area contributed by atoms with E-state index in [0.29, 0.717) is 6.67 Å². The first kappa shape index (κ1) is 14.4. The van der Waals surface area contributed by atoms with Gasteiger partial charge in [0.25, 0.3) is 5.91 Å². The second-order valence-corrected chi connectivity index (χ2v) is 5.61. The van der Waals surface area contributed by atoms with E-state index in [1.807, 2.05) is 18.2 Å². The van der Waals surface area contributed by atoms with E-state index < -0.39 is 0 Å². The van der Waals surface area contributed by atoms with Crippen LogP contribution in [0.15, 0.2) is 24.3 Å². The first-order valence-electron chi connectivity index (χ1n) is 7.77. The predicted octanol–water partition coefficient (Wildman–Crippen LogP) is 1.31. The number of hydrogen-bond donors (Lipinski definition) is 1. The highest BCUT2D eigenvalue weighted by Gasteiger charge is 2.19. The molecule has 0 atom stereocenters. The number of ether oxygens (including phenoxy) is 1. The van der Waals surface area contributed by atoms with E-state index in [1.54, 1.807) is 0 Å². The summed E-state index contributed by atoms with van der Waals surface area (Å²) in [7, 11) is 0. The largest absolute Gasteiger partial charge is 0.379 e. The molecule has 0 spiro atoms. The van der Waals surface area contributed by atoms with Gasteiger partial charge in [-0.25, -0.2) is 0 Å². The van der Waals surface area contributed by atoms with Crippen LogP contribution >= 0.6 is 0 Å². The van der Waals surface area contributed by atoms with Crippen LogP contribution in [-0.4, -0.2) is 56.9 Å². The fourth-order valence-electron chi connectivity index (χ4n) is 2.94. The fraction of sp³-hybridized carbons (Fsp3) is 0.562. The number of amides is 1. The van der Waals surface area contributed by atoms with E-state index in [2.05, 4.69) is 21.2 Å². The van der Waals surface area contributed by atoms with Crippen molar-refractivity contribution in [3.05, 3.63) is 29.8 Å². The Morgan fingerprint density at radius 2 is 1.81 bits per heavy atom. The summed E-state index contributed by atoms with van der Waals surface area (Å²) in [5, 5.41) is 3.04. The molecule has 2 saturated heterocycles. The maximum atomic E-state index is 12.5. The minimum Gasteiger partial charge on any atom is -0.379 e. The second kappa shape index (κ2) is 6.91. The molecule has 1 aromatic rings. The first-order chi connectivity index (χ1) is 10.3. The molecule has 2 aliphatic rings. The van der Waals surface area contributed by atoms with Crippen LogP contribution in [0.25, 0.3) is 0 Å². The van der Waals surface area contributed by atoms with Gasteiger partial charge in [-0.05, 0) is 25.0 Å². The van der Waals surface area contributed by atoms with E-state index in [9.17, 15) is 4.79 Å². The van der Waals surface area contributed by atoms with Gasteiger partial charge >= 0.3 is 0 Å². The third kappa shape index (κ3) is 3.54. The average Bonchev–Trinajstić information content (AvgIpc) is 3.08. The lowest BCUT2D eigenvalue weighted by molar-refractivity contribution is 0.0334. The molecule has 1 N–H and O–H groups in total. The highest BCUT2D eigenvalue weighted by molar-refractivity contribution is 5.99. The van der Waals surface area contributed by atoms with Crippen LogP contribution in [0.3, 0.4) is 0 Å². The van der Waals surface area contributed by atoms with Crippen molar-refractivity contribution in [3.8, 4) is 0 Å². The quantitative estimate of drug-likeness (QED) is 0.907. The summed E-state index contributed by atoms with van der Waals surface area (Å²) >= 11 is 0. The Balaban J connectivity index is 1.63. The van der Waals surface area contributed by atoms with Gasteiger partial charge in [0.05, 0.1) is 25.4 Å². The van der Waals surface area contributed by atoms with E-state index in [4.69, 9.17) is 4.74 Å². The molecule has 5 heteroatoms. The van der Waals surface area contributed by atoms with Crippen LogP contribution < -0.4 is 10.2 Å². The van der Waals surface area contributed by atoms with Crippen molar-refractivity contribution in [2.24, 2.45) is 0 Å². The van der Waals surface area contributed by atoms with Gasteiger partial charge in [0, 0.05) is 31.9 Å². The molecule has 1 aromatic carbocycles. The average molecular weight is 289 g/mol. The van der Waals surface area contributed by atoms with Gasteiger partial charge in [-0.15, -0.1) is 0 Å². The van der Waals surface area contributed by atoms with Crippen molar-refractivity contribution in [1.29, 1.82) is 0 Å². The second-order valence-electron chi connectivity index (χ2n) is 5.61. The Hall–Kier alpha value is -1.59. The molecule has 1 amide bonds. The van der Waals surface area contributed by atoms with E-state index in [0.717, 1.165) is 50.6 Å². The Labute approximate surface area is 125 Å². The summed E-state index contributed by atoms with van der Waals surface area (Å²) < 4.78 is 5.32. The lowest BCUT2D eigenvalue weighted by Gasteiger charge is -2.27. The monoisotopic (exact) mass is 289 g/mol. The Kier molecular flexibility index (Phi) is 4.72. The number of anilines is 1. The molecule has 5 nitrogen and oxygen atoms in total. The number of nitrogens with zero attached hydrogens (tertiary/aromatic N) is 2. The zero-order valence-electron chi connectivity index (χ0n) is 12.4. The number of nitrogens with one attached hydrogen (secondary N) is 1. The third-order valence-corrected chi connectivity index (χ3v) is 4.16. The Bertz CT molecular complexity index is 480. The SMILES string of the molecule is O=C(NCN1CCOCC1)c1ccccc1N1CCCC1. The minimum absolute atomic E-state index is 0.0176. The highest BCUT2D eigenvalue weighted by Crippen LogP contribution is 2.24. The maximum absolute atomic E-state index is 12.5. The van der Waals surface area contributed by atoms with Crippen LogP contribution in [0.1, 0.15) is 23.2 Å². The van der Waals surface area contributed by atoms with E-state index >= 15 is 0 Å². The minimum atomic E-state index is 0.0176. The van der Waals surface area contributed by atoms with Gasteiger partial charge in [-0.2, -0.15) is 0 Å². The predicted molar refractivity (Wildman–Crippen MR) is 82.6 cm³/mol. The number of para-hydroxylation sites is 1. The van der Waals surface area contributed by atoms with E-state index in [1.165, 1.54) is 12.8 Å². The molecular weight excluding hydrogens is 266 g/mol. The third-order valence-electron chi connectivity index (χ3n) is 4.16. The van der Waals surface area contributed by atoms with Gasteiger partial charge in [-0.3, -0.25) is 9.69 Å². The topological polar surface area (TPSA) is 44.8 Å². The molecule has 2 heterocycles. The molecule has 2 fully saturated rings. The molecule has 0 aliphatic carbocycles. The summed E-state index contributed by atoms with van der Waals surface area (Å²) in [6.45, 7) is 5.96. The zero-order valence-corrected chi connectivity index (χ0v) is 12.4. The molecule has 0 unspecified atom stereocenters. The van der Waals surface area contributed by atoms with Crippen molar-refractivity contribution in [3.63, 3.8) is 0 Å². The first-order valence-corrected chi connectivity index (χ1v) is 7.77. The van der Waals surface area contributed by atoms with Crippen molar-refractivity contribution < 1.29 is 9.53 Å². The molecule has 0 radical (unpaired) electrons. The molecule has 114 valence electrons. The summed E-state index contributed by atoms with van der Waals surface area (Å²) in [6.07, 6.45) is 2.42. The van der Waals surface area contributed by atoms with Gasteiger partial charge in [0.15, 0.2) is 0 Å². The number of benzene rings is 1. The molecule has 0 bridgehead atoms. The normalized spacial score (nSPS) is 19.7. The molecule has 2 aliphatic heterocycles. The van der Waals surface area contributed by atoms with Crippen LogP contribution in [0, 0.1) is 0 Å². The summed E-state index contributed by atoms with van der Waals surface area (Å²) in [5.74, 6) is 0.0176. The van der Waals surface area contributed by atoms with Crippen LogP contribution in [-0.2, 0) is 4.74 Å². The smallest absolute Gasteiger partial charge is 0.254 e. The van der Waals surface area contributed by atoms with Gasteiger partial charge in [0.1, 0.15) is 0 Å². The standard InChI is InChI=1S/C16H23N3O2/c20-16(17-13-18-9-11-21-12-10-18)14-5-1-2-6-15(14)19-7-3-4-8-19/h1-2,5-6H,3-4,7-13H2,(H,17,20). The molecule has 3 rings (SSSR count). The molecule has 21 heavy (non-hydrogen) atoms. The lowest BCUT2D eigenvalue weighted by Crippen LogP contribution is -2.44. The van der Waals surface area contributed by atoms with Crippen LogP contribution in [0.2, 0.25) is 0 Å². The van der Waals surface area contributed by atoms with Gasteiger partial charge in [-0.1, -0.05) is 12.1 Å². The van der Waals surface area contributed by atoms with Gasteiger partial charge < -0.3 is 15.0 Å². The molecule has 0 saturated carbocycles. The van der Waals surface area contributed by atoms with Crippen molar-refractivity contribution >= 4 is 11.6 Å². The van der Waals surface area contributed by atoms with Crippen molar-refractivity contribution in [2.45, 2.75) is 12.8 Å². The number of carbonyl (C=O) groups excluding carboxylic acids is 1. The Morgan fingerprint density at radius 3 is 2.57 bits per heavy atom. The number of hydrogen-bond acceptors (Lipinski definition) is 4. The number of morpholine rings is 1. The lowest BCUT2D eigenvalue weighted by atomic mass is 10.1. The van der Waals surface area contributed by atoms with Crippen molar-refractivity contribution in [1.82, 2.24) is 10.2 Å².